The molecule has 1 aromatic carbocycles. The molecule has 1 aliphatic carbocycles. The maximum absolute atomic E-state index is 13.8. The number of allylic oxidation sites excluding steroid dienone is 1. The maximum atomic E-state index is 13.8. The fourth-order valence-electron chi connectivity index (χ4n) is 5.34. The number of carboxylic acid groups (broad SMARTS) is 1. The molecule has 10 heteroatoms. The second-order valence-electron chi connectivity index (χ2n) is 14.5. The molecule has 0 saturated heterocycles. The Morgan fingerprint density at radius 3 is 1.86 bits per heavy atom. The molecule has 2 rings (SSSR count). The lowest BCUT2D eigenvalue weighted by Crippen LogP contribution is -2.57. The number of rotatable bonds is 12. The first kappa shape index (κ1) is 36.7. The topological polar surface area (TPSA) is 128 Å². The molecule has 0 bridgehead atoms. The van der Waals surface area contributed by atoms with E-state index in [1.54, 1.807) is 51.1 Å². The Hall–Kier alpha value is -2.48. The van der Waals surface area contributed by atoms with Crippen molar-refractivity contribution in [2.45, 2.75) is 135 Å². The Morgan fingerprint density at radius 2 is 1.44 bits per heavy atom. The number of ether oxygens (including phenoxy) is 1. The van der Waals surface area contributed by atoms with Crippen LogP contribution in [0.1, 0.15) is 118 Å². The van der Waals surface area contributed by atoms with Gasteiger partial charge in [-0.1, -0.05) is 49.6 Å². The van der Waals surface area contributed by atoms with Crippen LogP contribution in [0.3, 0.4) is 0 Å². The molecule has 0 unspecified atom stereocenters. The van der Waals surface area contributed by atoms with Gasteiger partial charge >= 0.3 is 19.5 Å². The van der Waals surface area contributed by atoms with Gasteiger partial charge in [0.25, 0.3) is 0 Å². The van der Waals surface area contributed by atoms with Crippen LogP contribution in [0.4, 0.5) is 0 Å². The van der Waals surface area contributed by atoms with Crippen LogP contribution in [0, 0.1) is 5.92 Å². The minimum atomic E-state index is -3.54. The quantitative estimate of drug-likeness (QED) is 0.139. The Morgan fingerprint density at radius 1 is 0.930 bits per heavy atom. The van der Waals surface area contributed by atoms with Crippen molar-refractivity contribution in [2.24, 2.45) is 5.92 Å². The van der Waals surface area contributed by atoms with Crippen molar-refractivity contribution in [1.29, 1.82) is 0 Å². The summed E-state index contributed by atoms with van der Waals surface area (Å²) in [6, 6.07) is 7.17. The second kappa shape index (κ2) is 14.1. The van der Waals surface area contributed by atoms with Crippen molar-refractivity contribution in [1.82, 2.24) is 5.32 Å². The monoisotopic (exact) mass is 621 g/mol. The van der Waals surface area contributed by atoms with Crippen molar-refractivity contribution < 1.29 is 37.8 Å². The van der Waals surface area contributed by atoms with Gasteiger partial charge in [-0.25, -0.2) is 4.79 Å². The summed E-state index contributed by atoms with van der Waals surface area (Å²) in [4.78, 5) is 39.1. The van der Waals surface area contributed by atoms with E-state index in [9.17, 15) is 24.1 Å². The summed E-state index contributed by atoms with van der Waals surface area (Å²) in [6.07, 6.45) is 4.32. The molecule has 1 amide bonds. The molecule has 1 saturated carbocycles. The Balaban J connectivity index is 2.42. The minimum absolute atomic E-state index is 0.0452. The molecule has 43 heavy (non-hydrogen) atoms. The average Bonchev–Trinajstić information content (AvgIpc) is 2.81. The highest BCUT2D eigenvalue weighted by Crippen LogP contribution is 2.57. The van der Waals surface area contributed by atoms with Crippen LogP contribution in [-0.4, -0.2) is 45.3 Å². The molecular weight excluding hydrogens is 569 g/mol. The van der Waals surface area contributed by atoms with Crippen molar-refractivity contribution in [2.75, 3.05) is 0 Å². The number of nitrogens with one attached hydrogen (secondary N) is 1. The van der Waals surface area contributed by atoms with Crippen LogP contribution in [0.5, 0.6) is 0 Å². The van der Waals surface area contributed by atoms with Crippen LogP contribution in [0.25, 0.3) is 0 Å². The summed E-state index contributed by atoms with van der Waals surface area (Å²) >= 11 is 0. The third kappa shape index (κ3) is 11.8. The Kier molecular flexibility index (Phi) is 12.0. The van der Waals surface area contributed by atoms with Gasteiger partial charge in [0, 0.05) is 5.92 Å². The molecular formula is C33H52NO8P. The number of benzene rings is 1. The molecule has 1 aliphatic rings. The second-order valence-corrected chi connectivity index (χ2v) is 16.4. The number of hydrogen-bond donors (Lipinski definition) is 2. The van der Waals surface area contributed by atoms with Crippen LogP contribution >= 0.6 is 7.60 Å². The van der Waals surface area contributed by atoms with E-state index in [0.29, 0.717) is 36.8 Å². The van der Waals surface area contributed by atoms with Gasteiger partial charge in [0.2, 0.25) is 5.91 Å². The Bertz CT molecular complexity index is 1160. The zero-order valence-corrected chi connectivity index (χ0v) is 28.3. The highest BCUT2D eigenvalue weighted by atomic mass is 31.2. The van der Waals surface area contributed by atoms with Crippen molar-refractivity contribution >= 4 is 25.4 Å². The highest BCUT2D eigenvalue weighted by molar-refractivity contribution is 7.53. The lowest BCUT2D eigenvalue weighted by Gasteiger charge is -2.36. The number of carbonyl (C=O) groups excluding carboxylic acids is 2. The van der Waals surface area contributed by atoms with Crippen molar-refractivity contribution in [3.63, 3.8) is 0 Å². The van der Waals surface area contributed by atoms with Crippen LogP contribution in [-0.2, 0) is 38.9 Å². The predicted octanol–water partition coefficient (Wildman–Crippen LogP) is 7.53. The maximum Gasteiger partial charge on any atom is 0.336 e. The first-order valence-corrected chi connectivity index (χ1v) is 16.8. The molecule has 1 fully saturated rings. The van der Waals surface area contributed by atoms with Crippen LogP contribution in [0.15, 0.2) is 36.9 Å². The van der Waals surface area contributed by atoms with E-state index in [1.807, 2.05) is 41.5 Å². The molecule has 0 aliphatic heterocycles. The molecule has 0 radical (unpaired) electrons. The number of amides is 1. The van der Waals surface area contributed by atoms with Gasteiger partial charge in [-0.2, -0.15) is 0 Å². The third-order valence-corrected chi connectivity index (χ3v) is 9.28. The van der Waals surface area contributed by atoms with Gasteiger partial charge in [0.15, 0.2) is 0 Å². The average molecular weight is 622 g/mol. The van der Waals surface area contributed by atoms with Gasteiger partial charge in [-0.05, 0) is 86.3 Å². The minimum Gasteiger partial charge on any atom is -0.480 e. The smallest absolute Gasteiger partial charge is 0.336 e. The fraction of sp³-hybridized carbons (Fsp3) is 0.667. The van der Waals surface area contributed by atoms with Crippen molar-refractivity contribution in [3.05, 3.63) is 48.0 Å². The molecule has 0 heterocycles. The lowest BCUT2D eigenvalue weighted by atomic mass is 9.79. The molecule has 9 nitrogen and oxygen atoms in total. The van der Waals surface area contributed by atoms with Gasteiger partial charge in [0.05, 0.1) is 29.7 Å². The number of hydrogen-bond acceptors (Lipinski definition) is 7. The van der Waals surface area contributed by atoms with Gasteiger partial charge in [-0.15, -0.1) is 6.58 Å². The van der Waals surface area contributed by atoms with Crippen LogP contribution < -0.4 is 5.32 Å². The molecule has 1 aromatic rings. The van der Waals surface area contributed by atoms with E-state index in [1.165, 1.54) is 0 Å². The fourth-order valence-corrected chi connectivity index (χ4v) is 7.83. The third-order valence-electron chi connectivity index (χ3n) is 6.88. The standard InChI is InChI=1S/C33H52NO8P/c1-11-25(24-17-15-23(16-18-24)22-43(39,41-31(5,6)7)42-32(8,9)10)26(21-27(35)40-30(2,3)4)28(36)34-33(29(37)38)19-13-12-14-20-33/h11,15-18,25-26H,1,12-14,19-22H2,2-10H3,(H,34,36)(H,37,38)/t25-,26+/m1/s1. The molecule has 0 spiro atoms. The summed E-state index contributed by atoms with van der Waals surface area (Å²) < 4.78 is 31.2. The number of carboxylic acids is 1. The van der Waals surface area contributed by atoms with Crippen molar-refractivity contribution in [3.8, 4) is 0 Å². The van der Waals surface area contributed by atoms with Gasteiger partial charge in [0.1, 0.15) is 11.1 Å². The number of carbonyl (C=O) groups is 3. The van der Waals surface area contributed by atoms with E-state index >= 15 is 0 Å². The van der Waals surface area contributed by atoms with E-state index in [2.05, 4.69) is 11.9 Å². The predicted molar refractivity (Wildman–Crippen MR) is 168 cm³/mol. The summed E-state index contributed by atoms with van der Waals surface area (Å²) in [5.41, 5.74) is -2.11. The SMILES string of the molecule is C=C[C@H](c1ccc(CP(=O)(OC(C)(C)C)OC(C)(C)C)cc1)[C@H](CC(=O)OC(C)(C)C)C(=O)NC1(C(=O)O)CCCCC1. The first-order chi connectivity index (χ1) is 19.6. The summed E-state index contributed by atoms with van der Waals surface area (Å²) in [7, 11) is -3.54. The lowest BCUT2D eigenvalue weighted by molar-refractivity contribution is -0.158. The normalized spacial score (nSPS) is 17.4. The molecule has 2 atom stereocenters. The molecule has 242 valence electrons. The number of esters is 1. The van der Waals surface area contributed by atoms with E-state index in [0.717, 1.165) is 6.42 Å². The largest absolute Gasteiger partial charge is 0.480 e. The summed E-state index contributed by atoms with van der Waals surface area (Å²) in [5, 5.41) is 12.9. The van der Waals surface area contributed by atoms with Gasteiger partial charge < -0.3 is 24.2 Å². The molecule has 0 aromatic heterocycles. The van der Waals surface area contributed by atoms with Gasteiger partial charge in [-0.3, -0.25) is 14.2 Å². The van der Waals surface area contributed by atoms with E-state index in [4.69, 9.17) is 13.8 Å². The first-order valence-electron chi connectivity index (χ1n) is 15.1. The zero-order valence-electron chi connectivity index (χ0n) is 27.5. The zero-order chi connectivity index (χ0) is 32.9. The number of aliphatic carboxylic acids is 1. The summed E-state index contributed by atoms with van der Waals surface area (Å²) in [6.45, 7) is 20.1. The molecule has 2 N–H and O–H groups in total. The Labute approximate surface area is 257 Å². The van der Waals surface area contributed by atoms with E-state index in [-0.39, 0.29) is 12.6 Å². The summed E-state index contributed by atoms with van der Waals surface area (Å²) in [5.74, 6) is -3.76. The van der Waals surface area contributed by atoms with E-state index < -0.39 is 59.6 Å². The van der Waals surface area contributed by atoms with Crippen LogP contribution in [0.2, 0.25) is 0 Å². The highest BCUT2D eigenvalue weighted by Gasteiger charge is 2.44.